The molecule has 0 aliphatic carbocycles. The Morgan fingerprint density at radius 2 is 2.11 bits per heavy atom. The van der Waals surface area contributed by atoms with Crippen LogP contribution < -0.4 is 4.74 Å². The van der Waals surface area contributed by atoms with Gasteiger partial charge in [0.15, 0.2) is 0 Å². The van der Waals surface area contributed by atoms with E-state index in [0.29, 0.717) is 10.9 Å². The predicted octanol–water partition coefficient (Wildman–Crippen LogP) is 2.40. The fourth-order valence-corrected chi connectivity index (χ4v) is 4.77. The number of ether oxygens (including phenoxy) is 2. The molecular formula is C15H21NO2S. The van der Waals surface area contributed by atoms with Gasteiger partial charge >= 0.3 is 0 Å². The van der Waals surface area contributed by atoms with E-state index in [0.717, 1.165) is 18.0 Å². The van der Waals surface area contributed by atoms with Crippen molar-refractivity contribution in [3.8, 4) is 5.75 Å². The fourth-order valence-electron chi connectivity index (χ4n) is 3.13. The summed E-state index contributed by atoms with van der Waals surface area (Å²) in [5.41, 5.74) is 1.28. The summed E-state index contributed by atoms with van der Waals surface area (Å²) in [5, 5.41) is 0. The standard InChI is InChI=1S/C15H21NO2S/c1-17-13-7-15(19-9-13)10-16(11-15)8-12-5-3-4-6-14(12)18-2/h3-6,13H,7-11H2,1-2H3. The molecule has 2 aliphatic rings. The van der Waals surface area contributed by atoms with Crippen LogP contribution in [0.4, 0.5) is 0 Å². The Balaban J connectivity index is 1.57. The number of hydrogen-bond donors (Lipinski definition) is 0. The minimum absolute atomic E-state index is 0.457. The largest absolute Gasteiger partial charge is 0.496 e. The van der Waals surface area contributed by atoms with Gasteiger partial charge in [0.05, 0.1) is 13.2 Å². The molecular weight excluding hydrogens is 258 g/mol. The van der Waals surface area contributed by atoms with Gasteiger partial charge in [-0.05, 0) is 12.5 Å². The second kappa shape index (κ2) is 5.35. The Labute approximate surface area is 119 Å². The molecule has 0 N–H and O–H groups in total. The molecule has 2 fully saturated rings. The first-order valence-corrected chi connectivity index (χ1v) is 7.74. The lowest BCUT2D eigenvalue weighted by Crippen LogP contribution is -2.58. The minimum atomic E-state index is 0.457. The van der Waals surface area contributed by atoms with Crippen LogP contribution in [0, 0.1) is 0 Å². The van der Waals surface area contributed by atoms with Crippen LogP contribution in [-0.4, -0.2) is 48.8 Å². The molecule has 1 atom stereocenters. The van der Waals surface area contributed by atoms with E-state index < -0.39 is 0 Å². The van der Waals surface area contributed by atoms with Gasteiger partial charge in [0.1, 0.15) is 5.75 Å². The molecule has 3 rings (SSSR count). The van der Waals surface area contributed by atoms with E-state index in [2.05, 4.69) is 28.8 Å². The molecule has 19 heavy (non-hydrogen) atoms. The number of methoxy groups -OCH3 is 2. The Bertz CT molecular complexity index is 446. The fraction of sp³-hybridized carbons (Fsp3) is 0.600. The highest BCUT2D eigenvalue weighted by Gasteiger charge is 2.48. The number of likely N-dealkylation sites (tertiary alicyclic amines) is 1. The van der Waals surface area contributed by atoms with Gasteiger partial charge in [-0.15, -0.1) is 11.8 Å². The first-order chi connectivity index (χ1) is 9.24. The SMILES string of the molecule is COc1ccccc1CN1CC2(CC(OC)CS2)C1. The Kier molecular flexibility index (Phi) is 3.74. The van der Waals surface area contributed by atoms with Gasteiger partial charge in [0, 0.05) is 42.8 Å². The first-order valence-electron chi connectivity index (χ1n) is 6.76. The lowest BCUT2D eigenvalue weighted by atomic mass is 9.92. The molecule has 1 spiro atoms. The molecule has 2 heterocycles. The summed E-state index contributed by atoms with van der Waals surface area (Å²) in [4.78, 5) is 2.50. The molecule has 1 aromatic carbocycles. The van der Waals surface area contributed by atoms with Crippen molar-refractivity contribution in [2.75, 3.05) is 33.1 Å². The summed E-state index contributed by atoms with van der Waals surface area (Å²) in [6, 6.07) is 8.30. The van der Waals surface area contributed by atoms with Gasteiger partial charge in [0.25, 0.3) is 0 Å². The topological polar surface area (TPSA) is 21.7 Å². The van der Waals surface area contributed by atoms with Crippen molar-refractivity contribution in [3.05, 3.63) is 29.8 Å². The normalized spacial score (nSPS) is 25.5. The van der Waals surface area contributed by atoms with E-state index in [1.165, 1.54) is 25.1 Å². The zero-order valence-corrected chi connectivity index (χ0v) is 12.4. The maximum Gasteiger partial charge on any atom is 0.123 e. The number of hydrogen-bond acceptors (Lipinski definition) is 4. The maximum atomic E-state index is 5.47. The summed E-state index contributed by atoms with van der Waals surface area (Å²) in [5.74, 6) is 2.15. The van der Waals surface area contributed by atoms with Gasteiger partial charge in [-0.2, -0.15) is 0 Å². The average Bonchev–Trinajstić information content (AvgIpc) is 2.83. The van der Waals surface area contributed by atoms with E-state index in [1.54, 1.807) is 7.11 Å². The van der Waals surface area contributed by atoms with Crippen LogP contribution in [-0.2, 0) is 11.3 Å². The number of rotatable bonds is 4. The summed E-state index contributed by atoms with van der Waals surface area (Å²) in [6.45, 7) is 3.34. The molecule has 104 valence electrons. The highest BCUT2D eigenvalue weighted by molar-refractivity contribution is 8.01. The number of thioether (sulfide) groups is 1. The summed E-state index contributed by atoms with van der Waals surface area (Å²) < 4.78 is 11.3. The summed E-state index contributed by atoms with van der Waals surface area (Å²) in [6.07, 6.45) is 1.66. The van der Waals surface area contributed by atoms with Crippen LogP contribution >= 0.6 is 11.8 Å². The van der Waals surface area contributed by atoms with Crippen LogP contribution in [0.5, 0.6) is 5.75 Å². The third-order valence-corrected chi connectivity index (χ3v) is 5.69. The lowest BCUT2D eigenvalue weighted by molar-refractivity contribution is 0.0627. The van der Waals surface area contributed by atoms with Crippen LogP contribution in [0.1, 0.15) is 12.0 Å². The maximum absolute atomic E-state index is 5.47. The van der Waals surface area contributed by atoms with Crippen molar-refractivity contribution in [1.29, 1.82) is 0 Å². The van der Waals surface area contributed by atoms with Crippen LogP contribution in [0.25, 0.3) is 0 Å². The monoisotopic (exact) mass is 279 g/mol. The lowest BCUT2D eigenvalue weighted by Gasteiger charge is -2.47. The van der Waals surface area contributed by atoms with Gasteiger partial charge < -0.3 is 9.47 Å². The van der Waals surface area contributed by atoms with Gasteiger partial charge in [-0.3, -0.25) is 4.90 Å². The Morgan fingerprint density at radius 3 is 2.79 bits per heavy atom. The highest BCUT2D eigenvalue weighted by atomic mass is 32.2. The van der Waals surface area contributed by atoms with Crippen molar-refractivity contribution in [2.45, 2.75) is 23.8 Å². The molecule has 0 amide bonds. The van der Waals surface area contributed by atoms with Crippen molar-refractivity contribution < 1.29 is 9.47 Å². The number of para-hydroxylation sites is 1. The third-order valence-electron chi connectivity index (χ3n) is 4.12. The second-order valence-corrected chi connectivity index (χ2v) is 7.00. The van der Waals surface area contributed by atoms with Crippen LogP contribution in [0.2, 0.25) is 0 Å². The van der Waals surface area contributed by atoms with E-state index in [-0.39, 0.29) is 0 Å². The molecule has 2 saturated heterocycles. The molecule has 1 unspecified atom stereocenters. The molecule has 0 saturated carbocycles. The predicted molar refractivity (Wildman–Crippen MR) is 78.9 cm³/mol. The van der Waals surface area contributed by atoms with E-state index in [9.17, 15) is 0 Å². The van der Waals surface area contributed by atoms with E-state index in [1.807, 2.05) is 19.2 Å². The smallest absolute Gasteiger partial charge is 0.123 e. The quantitative estimate of drug-likeness (QED) is 0.843. The van der Waals surface area contributed by atoms with Crippen LogP contribution in [0.15, 0.2) is 24.3 Å². The summed E-state index contributed by atoms with van der Waals surface area (Å²) in [7, 11) is 3.57. The Hall–Kier alpha value is -0.710. The van der Waals surface area contributed by atoms with Gasteiger partial charge in [0.2, 0.25) is 0 Å². The first kappa shape index (κ1) is 13.3. The molecule has 1 aromatic rings. The number of benzene rings is 1. The van der Waals surface area contributed by atoms with Crippen molar-refractivity contribution in [3.63, 3.8) is 0 Å². The molecule has 4 heteroatoms. The highest BCUT2D eigenvalue weighted by Crippen LogP contribution is 2.46. The molecule has 0 radical (unpaired) electrons. The van der Waals surface area contributed by atoms with E-state index >= 15 is 0 Å². The minimum Gasteiger partial charge on any atom is -0.496 e. The Morgan fingerprint density at radius 1 is 1.32 bits per heavy atom. The van der Waals surface area contributed by atoms with Gasteiger partial charge in [-0.1, -0.05) is 18.2 Å². The van der Waals surface area contributed by atoms with E-state index in [4.69, 9.17) is 9.47 Å². The molecule has 3 nitrogen and oxygen atoms in total. The molecule has 0 aromatic heterocycles. The molecule has 0 bridgehead atoms. The van der Waals surface area contributed by atoms with Crippen molar-refractivity contribution in [1.82, 2.24) is 4.90 Å². The van der Waals surface area contributed by atoms with Crippen molar-refractivity contribution >= 4 is 11.8 Å². The average molecular weight is 279 g/mol. The molecule has 2 aliphatic heterocycles. The van der Waals surface area contributed by atoms with Crippen LogP contribution in [0.3, 0.4) is 0 Å². The van der Waals surface area contributed by atoms with Gasteiger partial charge in [-0.25, -0.2) is 0 Å². The summed E-state index contributed by atoms with van der Waals surface area (Å²) >= 11 is 2.09. The second-order valence-electron chi connectivity index (χ2n) is 5.51. The third kappa shape index (κ3) is 2.62. The number of nitrogens with zero attached hydrogens (tertiary/aromatic N) is 1. The zero-order valence-electron chi connectivity index (χ0n) is 11.6. The van der Waals surface area contributed by atoms with Crippen molar-refractivity contribution in [2.24, 2.45) is 0 Å². The zero-order chi connectivity index (χ0) is 13.3.